The maximum Gasteiger partial charge on any atom is 0.411 e. The van der Waals surface area contributed by atoms with Gasteiger partial charge in [-0.2, -0.15) is 0 Å². The molecule has 0 fully saturated rings. The fourth-order valence-corrected chi connectivity index (χ4v) is 3.94. The Balaban J connectivity index is 3.23. The summed E-state index contributed by atoms with van der Waals surface area (Å²) in [4.78, 5) is 14.2. The van der Waals surface area contributed by atoms with Gasteiger partial charge in [-0.05, 0) is 66.7 Å². The van der Waals surface area contributed by atoms with E-state index in [-0.39, 0.29) is 17.0 Å². The summed E-state index contributed by atoms with van der Waals surface area (Å²) >= 11 is 0. The van der Waals surface area contributed by atoms with E-state index in [0.717, 1.165) is 11.1 Å². The molecular formula is C19H29NO4S. The number of ether oxygens (including phenoxy) is 1. The van der Waals surface area contributed by atoms with Gasteiger partial charge in [0.2, 0.25) is 15.3 Å². The highest BCUT2D eigenvalue weighted by Gasteiger charge is 2.32. The Labute approximate surface area is 151 Å². The molecule has 0 aliphatic rings. The topological polar surface area (TPSA) is 63.7 Å². The zero-order valence-electron chi connectivity index (χ0n) is 16.1. The largest absolute Gasteiger partial charge is 0.425 e. The normalized spacial score (nSPS) is 12.8. The molecule has 1 aromatic carbocycles. The summed E-state index contributed by atoms with van der Waals surface area (Å²) in [5, 5.41) is 0. The maximum atomic E-state index is 12.9. The minimum absolute atomic E-state index is 0.0954. The third-order valence-corrected chi connectivity index (χ3v) is 5.44. The van der Waals surface area contributed by atoms with Gasteiger partial charge in [-0.15, -0.1) is 0 Å². The first-order valence-electron chi connectivity index (χ1n) is 8.41. The zero-order valence-corrected chi connectivity index (χ0v) is 16.9. The molecule has 1 rings (SSSR count). The highest BCUT2D eigenvalue weighted by molar-refractivity contribution is 7.92. The van der Waals surface area contributed by atoms with E-state index in [2.05, 4.69) is 0 Å². The molecule has 0 saturated heterocycles. The first-order chi connectivity index (χ1) is 11.5. The summed E-state index contributed by atoms with van der Waals surface area (Å²) in [6, 6.07) is 6.33. The predicted octanol–water partition coefficient (Wildman–Crippen LogP) is 4.32. The second-order valence-electron chi connectivity index (χ2n) is 6.95. The zero-order chi connectivity index (χ0) is 19.4. The Morgan fingerprint density at radius 2 is 1.52 bits per heavy atom. The molecule has 1 amide bonds. The van der Waals surface area contributed by atoms with E-state index < -0.39 is 21.4 Å². The molecule has 0 spiro atoms. The molecule has 0 aromatic heterocycles. The Morgan fingerprint density at radius 1 is 1.04 bits per heavy atom. The van der Waals surface area contributed by atoms with E-state index in [1.165, 1.54) is 23.1 Å². The number of carbonyl (C=O) groups excluding carboxylic acids is 1. The lowest BCUT2D eigenvalue weighted by atomic mass is 10.2. The highest BCUT2D eigenvalue weighted by Crippen LogP contribution is 2.21. The van der Waals surface area contributed by atoms with Crippen LogP contribution in [0.5, 0.6) is 0 Å². The fraction of sp³-hybridized carbons (Fsp3) is 0.526. The number of allylic oxidation sites excluding steroid dienone is 1. The molecule has 140 valence electrons. The molecule has 5 nitrogen and oxygen atoms in total. The molecule has 0 saturated carbocycles. The van der Waals surface area contributed by atoms with Gasteiger partial charge in [-0.25, -0.2) is 13.2 Å². The molecular weight excluding hydrogens is 338 g/mol. The minimum atomic E-state index is -3.84. The monoisotopic (exact) mass is 367 g/mol. The van der Waals surface area contributed by atoms with Gasteiger partial charge < -0.3 is 9.64 Å². The fourth-order valence-electron chi connectivity index (χ4n) is 2.50. The lowest BCUT2D eigenvalue weighted by Crippen LogP contribution is -2.44. The van der Waals surface area contributed by atoms with Crippen LogP contribution in [0.2, 0.25) is 0 Å². The van der Waals surface area contributed by atoms with Crippen molar-refractivity contribution in [3.05, 3.63) is 41.5 Å². The van der Waals surface area contributed by atoms with Crippen molar-refractivity contribution in [3.8, 4) is 0 Å². The standard InChI is InChI=1S/C19H29NO4S/c1-13(2)12-18(24-19(21)20(14(3)4)15(5)6)25(22,23)17-10-8-16(7)9-11-17/h8-12,14-15,18H,1-7H3. The Bertz CT molecular complexity index is 706. The number of hydrogen-bond acceptors (Lipinski definition) is 4. The summed E-state index contributed by atoms with van der Waals surface area (Å²) in [5.74, 6) is 0. The molecule has 1 aromatic rings. The van der Waals surface area contributed by atoms with Crippen molar-refractivity contribution in [2.24, 2.45) is 0 Å². The van der Waals surface area contributed by atoms with Gasteiger partial charge in [0.1, 0.15) is 0 Å². The van der Waals surface area contributed by atoms with Crippen LogP contribution in [0, 0.1) is 6.92 Å². The molecule has 0 N–H and O–H groups in total. The second-order valence-corrected chi connectivity index (χ2v) is 8.98. The van der Waals surface area contributed by atoms with Crippen LogP contribution in [0.1, 0.15) is 47.1 Å². The average Bonchev–Trinajstić information content (AvgIpc) is 2.45. The quantitative estimate of drug-likeness (QED) is 0.703. The van der Waals surface area contributed by atoms with Gasteiger partial charge in [0.15, 0.2) is 0 Å². The molecule has 0 aliphatic carbocycles. The van der Waals surface area contributed by atoms with Crippen LogP contribution in [0.3, 0.4) is 0 Å². The number of nitrogens with zero attached hydrogens (tertiary/aromatic N) is 1. The lowest BCUT2D eigenvalue weighted by molar-refractivity contribution is 0.0783. The predicted molar refractivity (Wildman–Crippen MR) is 100 cm³/mol. The maximum absolute atomic E-state index is 12.9. The Morgan fingerprint density at radius 3 is 1.92 bits per heavy atom. The van der Waals surface area contributed by atoms with Gasteiger partial charge in [0.25, 0.3) is 0 Å². The number of rotatable bonds is 6. The minimum Gasteiger partial charge on any atom is -0.425 e. The van der Waals surface area contributed by atoms with Crippen molar-refractivity contribution in [3.63, 3.8) is 0 Å². The van der Waals surface area contributed by atoms with Crippen LogP contribution >= 0.6 is 0 Å². The highest BCUT2D eigenvalue weighted by atomic mass is 32.2. The van der Waals surface area contributed by atoms with Crippen LogP contribution in [-0.2, 0) is 14.6 Å². The smallest absolute Gasteiger partial charge is 0.411 e. The van der Waals surface area contributed by atoms with E-state index >= 15 is 0 Å². The Hall–Kier alpha value is -1.82. The van der Waals surface area contributed by atoms with Crippen molar-refractivity contribution < 1.29 is 17.9 Å². The molecule has 0 aliphatic heterocycles. The van der Waals surface area contributed by atoms with Gasteiger partial charge in [-0.3, -0.25) is 0 Å². The van der Waals surface area contributed by atoms with Crippen LogP contribution in [0.25, 0.3) is 0 Å². The van der Waals surface area contributed by atoms with Crippen molar-refractivity contribution in [2.75, 3.05) is 0 Å². The van der Waals surface area contributed by atoms with E-state index in [9.17, 15) is 13.2 Å². The molecule has 1 unspecified atom stereocenters. The van der Waals surface area contributed by atoms with Crippen molar-refractivity contribution >= 4 is 15.9 Å². The summed E-state index contributed by atoms with van der Waals surface area (Å²) in [6.07, 6.45) is 0.828. The van der Waals surface area contributed by atoms with Crippen LogP contribution in [0.4, 0.5) is 4.79 Å². The van der Waals surface area contributed by atoms with Gasteiger partial charge >= 0.3 is 6.09 Å². The summed E-state index contributed by atoms with van der Waals surface area (Å²) in [7, 11) is -3.84. The Kier molecular flexibility index (Phi) is 7.23. The molecule has 0 heterocycles. The van der Waals surface area contributed by atoms with Crippen LogP contribution in [-0.4, -0.2) is 36.9 Å². The lowest BCUT2D eigenvalue weighted by Gasteiger charge is -2.31. The third kappa shape index (κ3) is 5.59. The molecule has 0 radical (unpaired) electrons. The first kappa shape index (κ1) is 21.2. The van der Waals surface area contributed by atoms with Crippen LogP contribution < -0.4 is 0 Å². The summed E-state index contributed by atoms with van der Waals surface area (Å²) < 4.78 is 31.3. The van der Waals surface area contributed by atoms with Crippen molar-refractivity contribution in [2.45, 2.75) is 70.9 Å². The number of carbonyl (C=O) groups is 1. The first-order valence-corrected chi connectivity index (χ1v) is 9.96. The molecule has 6 heteroatoms. The number of hydrogen-bond donors (Lipinski definition) is 0. The molecule has 25 heavy (non-hydrogen) atoms. The van der Waals surface area contributed by atoms with Crippen LogP contribution in [0.15, 0.2) is 40.8 Å². The van der Waals surface area contributed by atoms with Crippen molar-refractivity contribution in [1.29, 1.82) is 0 Å². The van der Waals surface area contributed by atoms with E-state index in [1.807, 2.05) is 34.6 Å². The van der Waals surface area contributed by atoms with E-state index in [1.54, 1.807) is 26.0 Å². The number of sulfone groups is 1. The number of benzene rings is 1. The third-order valence-electron chi connectivity index (χ3n) is 3.67. The van der Waals surface area contributed by atoms with Gasteiger partial charge in [-0.1, -0.05) is 23.3 Å². The van der Waals surface area contributed by atoms with E-state index in [4.69, 9.17) is 4.74 Å². The van der Waals surface area contributed by atoms with Gasteiger partial charge in [0.05, 0.1) is 4.90 Å². The SMILES string of the molecule is CC(C)=CC(OC(=O)N(C(C)C)C(C)C)S(=O)(=O)c1ccc(C)cc1. The number of amides is 1. The van der Waals surface area contributed by atoms with E-state index in [0.29, 0.717) is 0 Å². The number of aryl methyl sites for hydroxylation is 1. The molecule has 1 atom stereocenters. The summed E-state index contributed by atoms with van der Waals surface area (Å²) in [6.45, 7) is 12.9. The second kappa shape index (κ2) is 8.52. The summed E-state index contributed by atoms with van der Waals surface area (Å²) in [5.41, 5.74) is 0.363. The molecule has 0 bridgehead atoms. The van der Waals surface area contributed by atoms with Crippen molar-refractivity contribution in [1.82, 2.24) is 4.90 Å². The van der Waals surface area contributed by atoms with Gasteiger partial charge in [0, 0.05) is 12.1 Å². The average molecular weight is 368 g/mol.